The molecule has 0 saturated heterocycles. The molecule has 0 spiro atoms. The number of hydrogen-bond donors (Lipinski definition) is 2. The van der Waals surface area contributed by atoms with Gasteiger partial charge < -0.3 is 10.8 Å². The van der Waals surface area contributed by atoms with Gasteiger partial charge in [0.2, 0.25) is 0 Å². The zero-order valence-electron chi connectivity index (χ0n) is 9.12. The fourth-order valence-electron chi connectivity index (χ4n) is 1.41. The lowest BCUT2D eigenvalue weighted by Crippen LogP contribution is -2.18. The summed E-state index contributed by atoms with van der Waals surface area (Å²) in [5.41, 5.74) is 8.95. The molecule has 2 atom stereocenters. The first-order valence-electron chi connectivity index (χ1n) is 5.01. The molecule has 14 heavy (non-hydrogen) atoms. The largest absolute Gasteiger partial charge is 0.388 e. The molecule has 1 aromatic carbocycles. The topological polar surface area (TPSA) is 46.2 Å². The van der Waals surface area contributed by atoms with Crippen molar-refractivity contribution in [2.24, 2.45) is 11.7 Å². The Hall–Kier alpha value is -0.860. The molecule has 1 aromatic rings. The van der Waals surface area contributed by atoms with Gasteiger partial charge in [-0.1, -0.05) is 25.1 Å². The lowest BCUT2D eigenvalue weighted by atomic mass is 9.95. The Morgan fingerprint density at radius 3 is 2.43 bits per heavy atom. The van der Waals surface area contributed by atoms with Crippen LogP contribution in [0.2, 0.25) is 0 Å². The predicted molar refractivity (Wildman–Crippen MR) is 59.1 cm³/mol. The third-order valence-electron chi connectivity index (χ3n) is 2.78. The van der Waals surface area contributed by atoms with Gasteiger partial charge in [0.15, 0.2) is 0 Å². The molecule has 1 rings (SSSR count). The predicted octanol–water partition coefficient (Wildman–Crippen LogP) is 1.93. The van der Waals surface area contributed by atoms with Crippen molar-refractivity contribution >= 4 is 0 Å². The van der Waals surface area contributed by atoms with Crippen molar-refractivity contribution in [1.29, 1.82) is 0 Å². The zero-order chi connectivity index (χ0) is 10.7. The highest BCUT2D eigenvalue weighted by Gasteiger charge is 2.14. The fourth-order valence-corrected chi connectivity index (χ4v) is 1.41. The van der Waals surface area contributed by atoms with Crippen LogP contribution in [-0.2, 0) is 0 Å². The van der Waals surface area contributed by atoms with Gasteiger partial charge in [-0.15, -0.1) is 0 Å². The fraction of sp³-hybridized carbons (Fsp3) is 0.500. The lowest BCUT2D eigenvalue weighted by Gasteiger charge is -2.18. The summed E-state index contributed by atoms with van der Waals surface area (Å²) in [6.07, 6.45) is -0.445. The van der Waals surface area contributed by atoms with E-state index < -0.39 is 6.10 Å². The summed E-state index contributed by atoms with van der Waals surface area (Å²) in [4.78, 5) is 0. The lowest BCUT2D eigenvalue weighted by molar-refractivity contribution is 0.121. The molecule has 0 heterocycles. The van der Waals surface area contributed by atoms with E-state index in [1.54, 1.807) is 0 Å². The molecule has 2 heteroatoms. The summed E-state index contributed by atoms with van der Waals surface area (Å²) in [6, 6.07) is 6.04. The maximum absolute atomic E-state index is 9.92. The summed E-state index contributed by atoms with van der Waals surface area (Å²) < 4.78 is 0. The summed E-state index contributed by atoms with van der Waals surface area (Å²) in [5, 5.41) is 9.92. The molecule has 0 amide bonds. The van der Waals surface area contributed by atoms with Crippen LogP contribution >= 0.6 is 0 Å². The zero-order valence-corrected chi connectivity index (χ0v) is 9.12. The van der Waals surface area contributed by atoms with Crippen LogP contribution in [0.15, 0.2) is 18.2 Å². The number of rotatable bonds is 3. The standard InChI is InChI=1S/C12H19NO/c1-8-4-5-11(6-9(8)2)12(14)10(3)7-13/h4-6,10,12,14H,7,13H2,1-3H3. The van der Waals surface area contributed by atoms with E-state index in [0.29, 0.717) is 6.54 Å². The first-order valence-corrected chi connectivity index (χ1v) is 5.01. The Balaban J connectivity index is 2.91. The average Bonchev–Trinajstić information content (AvgIpc) is 2.20. The van der Waals surface area contributed by atoms with Gasteiger partial charge in [-0.3, -0.25) is 0 Å². The van der Waals surface area contributed by atoms with Gasteiger partial charge in [0.05, 0.1) is 6.10 Å². The van der Waals surface area contributed by atoms with Gasteiger partial charge in [0.25, 0.3) is 0 Å². The highest BCUT2D eigenvalue weighted by Crippen LogP contribution is 2.22. The number of aryl methyl sites for hydroxylation is 2. The van der Waals surface area contributed by atoms with Crippen LogP contribution < -0.4 is 5.73 Å². The summed E-state index contributed by atoms with van der Waals surface area (Å²) in [5.74, 6) is 0.108. The molecule has 2 unspecified atom stereocenters. The van der Waals surface area contributed by atoms with Crippen molar-refractivity contribution in [3.8, 4) is 0 Å². The van der Waals surface area contributed by atoms with E-state index in [9.17, 15) is 5.11 Å². The molecule has 0 aliphatic carbocycles. The highest BCUT2D eigenvalue weighted by molar-refractivity contribution is 5.31. The maximum atomic E-state index is 9.92. The van der Waals surface area contributed by atoms with Gasteiger partial charge in [0.1, 0.15) is 0 Å². The normalized spacial score (nSPS) is 15.2. The number of aliphatic hydroxyl groups excluding tert-OH is 1. The van der Waals surface area contributed by atoms with Gasteiger partial charge in [-0.2, -0.15) is 0 Å². The van der Waals surface area contributed by atoms with Gasteiger partial charge in [0, 0.05) is 0 Å². The molecular weight excluding hydrogens is 174 g/mol. The van der Waals surface area contributed by atoms with Crippen LogP contribution in [-0.4, -0.2) is 11.7 Å². The van der Waals surface area contributed by atoms with E-state index in [0.717, 1.165) is 5.56 Å². The molecule has 0 saturated carbocycles. The first-order chi connectivity index (χ1) is 6.56. The van der Waals surface area contributed by atoms with Crippen LogP contribution in [0.25, 0.3) is 0 Å². The summed E-state index contributed by atoms with van der Waals surface area (Å²) in [7, 11) is 0. The molecular formula is C12H19NO. The molecule has 78 valence electrons. The average molecular weight is 193 g/mol. The smallest absolute Gasteiger partial charge is 0.0827 e. The van der Waals surface area contributed by atoms with E-state index in [1.165, 1.54) is 11.1 Å². The van der Waals surface area contributed by atoms with Crippen LogP contribution in [0.1, 0.15) is 29.7 Å². The van der Waals surface area contributed by atoms with Crippen molar-refractivity contribution in [3.05, 3.63) is 34.9 Å². The number of nitrogens with two attached hydrogens (primary N) is 1. The first kappa shape index (κ1) is 11.2. The Morgan fingerprint density at radius 1 is 1.29 bits per heavy atom. The molecule has 3 N–H and O–H groups in total. The molecule has 0 bridgehead atoms. The van der Waals surface area contributed by atoms with Crippen molar-refractivity contribution < 1.29 is 5.11 Å². The summed E-state index contributed by atoms with van der Waals surface area (Å²) >= 11 is 0. The Bertz CT molecular complexity index is 309. The Morgan fingerprint density at radius 2 is 1.93 bits per heavy atom. The monoisotopic (exact) mass is 193 g/mol. The van der Waals surface area contributed by atoms with Gasteiger partial charge in [-0.05, 0) is 43.0 Å². The highest BCUT2D eigenvalue weighted by atomic mass is 16.3. The van der Waals surface area contributed by atoms with Crippen molar-refractivity contribution in [3.63, 3.8) is 0 Å². The third kappa shape index (κ3) is 2.34. The molecule has 2 nitrogen and oxygen atoms in total. The quantitative estimate of drug-likeness (QED) is 0.770. The SMILES string of the molecule is Cc1ccc(C(O)C(C)CN)cc1C. The molecule has 0 radical (unpaired) electrons. The summed E-state index contributed by atoms with van der Waals surface area (Å²) in [6.45, 7) is 6.59. The molecule has 0 aliphatic heterocycles. The number of benzene rings is 1. The van der Waals surface area contributed by atoms with Gasteiger partial charge >= 0.3 is 0 Å². The van der Waals surface area contributed by atoms with Crippen LogP contribution in [0.4, 0.5) is 0 Å². The van der Waals surface area contributed by atoms with Crippen LogP contribution in [0, 0.1) is 19.8 Å². The minimum Gasteiger partial charge on any atom is -0.388 e. The van der Waals surface area contributed by atoms with Crippen molar-refractivity contribution in [2.45, 2.75) is 26.9 Å². The number of hydrogen-bond acceptors (Lipinski definition) is 2. The Kier molecular flexibility index (Phi) is 3.67. The van der Waals surface area contributed by atoms with E-state index in [1.807, 2.05) is 25.1 Å². The van der Waals surface area contributed by atoms with E-state index >= 15 is 0 Å². The minimum atomic E-state index is -0.445. The molecule has 0 fully saturated rings. The molecule has 0 aliphatic rings. The second-order valence-electron chi connectivity index (χ2n) is 4.00. The second kappa shape index (κ2) is 4.58. The van der Waals surface area contributed by atoms with Crippen molar-refractivity contribution in [1.82, 2.24) is 0 Å². The Labute approximate surface area is 85.8 Å². The molecule has 0 aromatic heterocycles. The minimum absolute atomic E-state index is 0.108. The van der Waals surface area contributed by atoms with E-state index in [4.69, 9.17) is 5.73 Å². The third-order valence-corrected chi connectivity index (χ3v) is 2.78. The maximum Gasteiger partial charge on any atom is 0.0827 e. The van der Waals surface area contributed by atoms with Crippen molar-refractivity contribution in [2.75, 3.05) is 6.54 Å². The van der Waals surface area contributed by atoms with Gasteiger partial charge in [-0.25, -0.2) is 0 Å². The number of aliphatic hydroxyl groups is 1. The van der Waals surface area contributed by atoms with Crippen LogP contribution in [0.3, 0.4) is 0 Å². The van der Waals surface area contributed by atoms with E-state index in [2.05, 4.69) is 13.8 Å². The van der Waals surface area contributed by atoms with Crippen LogP contribution in [0.5, 0.6) is 0 Å². The second-order valence-corrected chi connectivity index (χ2v) is 4.00. The van der Waals surface area contributed by atoms with E-state index in [-0.39, 0.29) is 5.92 Å².